The van der Waals surface area contributed by atoms with Crippen molar-refractivity contribution < 1.29 is 18.3 Å². The summed E-state index contributed by atoms with van der Waals surface area (Å²) >= 11 is 0. The fourth-order valence-electron chi connectivity index (χ4n) is 2.58. The van der Waals surface area contributed by atoms with Gasteiger partial charge in [0, 0.05) is 19.3 Å². The van der Waals surface area contributed by atoms with E-state index in [0.29, 0.717) is 32.4 Å². The molecule has 0 aromatic rings. The number of carbonyl (C=O) groups is 1. The second kappa shape index (κ2) is 5.54. The average Bonchev–Trinajstić information content (AvgIpc) is 2.61. The number of nitrogens with zero attached hydrogens (tertiary/aromatic N) is 1. The molecule has 0 aromatic carbocycles. The number of carboxylic acid groups (broad SMARTS) is 1. The zero-order valence-electron chi connectivity index (χ0n) is 11.1. The van der Waals surface area contributed by atoms with Crippen LogP contribution in [0.25, 0.3) is 0 Å². The first-order valence-electron chi connectivity index (χ1n) is 6.02. The predicted octanol–water partition coefficient (Wildman–Crippen LogP) is -0.442. The second-order valence-electron chi connectivity index (χ2n) is 5.22. The molecule has 0 heterocycles. The second-order valence-corrected chi connectivity index (χ2v) is 7.45. The van der Waals surface area contributed by atoms with Crippen molar-refractivity contribution in [3.63, 3.8) is 0 Å². The smallest absolute Gasteiger partial charge is 0.325 e. The average molecular weight is 278 g/mol. The first-order chi connectivity index (χ1) is 8.20. The van der Waals surface area contributed by atoms with Crippen molar-refractivity contribution in [2.75, 3.05) is 33.4 Å². The summed E-state index contributed by atoms with van der Waals surface area (Å²) in [7, 11) is 0.411. The van der Waals surface area contributed by atoms with Crippen molar-refractivity contribution in [2.45, 2.75) is 30.1 Å². The molecule has 1 rings (SSSR count). The van der Waals surface area contributed by atoms with Crippen LogP contribution in [0.1, 0.15) is 19.3 Å². The lowest BCUT2D eigenvalue weighted by atomic mass is 9.97. The maximum absolute atomic E-state index is 11.7. The van der Waals surface area contributed by atoms with Gasteiger partial charge in [0.05, 0.1) is 5.25 Å². The van der Waals surface area contributed by atoms with Gasteiger partial charge < -0.3 is 10.0 Å². The van der Waals surface area contributed by atoms with Crippen molar-refractivity contribution >= 4 is 15.8 Å². The Labute approximate surface area is 108 Å². The Kier molecular flexibility index (Phi) is 4.74. The van der Waals surface area contributed by atoms with Crippen LogP contribution in [-0.4, -0.2) is 68.6 Å². The molecular weight excluding hydrogens is 256 g/mol. The molecule has 2 N–H and O–H groups in total. The van der Waals surface area contributed by atoms with Crippen LogP contribution < -0.4 is 5.32 Å². The van der Waals surface area contributed by atoms with Gasteiger partial charge in [0.1, 0.15) is 5.54 Å². The van der Waals surface area contributed by atoms with Gasteiger partial charge in [0.15, 0.2) is 9.84 Å². The van der Waals surface area contributed by atoms with Crippen molar-refractivity contribution in [1.29, 1.82) is 0 Å². The molecule has 106 valence electrons. The van der Waals surface area contributed by atoms with Crippen LogP contribution in [0.5, 0.6) is 0 Å². The van der Waals surface area contributed by atoms with Crippen molar-refractivity contribution in [3.8, 4) is 0 Å². The summed E-state index contributed by atoms with van der Waals surface area (Å²) in [6, 6.07) is 0. The standard InChI is InChI=1S/C11H22N2O4S/c1-13(2)8-7-12-11(10(14)15)6-4-5-9(11)18(3,16)17/h9,12H,4-8H2,1-3H3,(H,14,15). The quantitative estimate of drug-likeness (QED) is 0.685. The van der Waals surface area contributed by atoms with Gasteiger partial charge in [0.25, 0.3) is 0 Å². The fraction of sp³-hybridized carbons (Fsp3) is 0.909. The van der Waals surface area contributed by atoms with E-state index in [9.17, 15) is 18.3 Å². The number of hydrogen-bond donors (Lipinski definition) is 2. The van der Waals surface area contributed by atoms with Crippen LogP contribution in [0.15, 0.2) is 0 Å². The third kappa shape index (κ3) is 3.21. The lowest BCUT2D eigenvalue weighted by Gasteiger charge is -2.31. The summed E-state index contributed by atoms with van der Waals surface area (Å²) in [6.45, 7) is 1.14. The highest BCUT2D eigenvalue weighted by atomic mass is 32.2. The minimum absolute atomic E-state index is 0.369. The Morgan fingerprint density at radius 1 is 1.50 bits per heavy atom. The normalized spacial score (nSPS) is 28.8. The molecule has 1 aliphatic rings. The van der Waals surface area contributed by atoms with E-state index < -0.39 is 26.6 Å². The molecule has 0 amide bonds. The fourth-order valence-corrected chi connectivity index (χ4v) is 4.21. The van der Waals surface area contributed by atoms with Crippen molar-refractivity contribution in [1.82, 2.24) is 10.2 Å². The van der Waals surface area contributed by atoms with Crippen LogP contribution in [0.4, 0.5) is 0 Å². The van der Waals surface area contributed by atoms with E-state index in [1.54, 1.807) is 0 Å². The van der Waals surface area contributed by atoms with Gasteiger partial charge in [0.2, 0.25) is 0 Å². The van der Waals surface area contributed by atoms with Gasteiger partial charge in [-0.1, -0.05) is 0 Å². The Morgan fingerprint density at radius 3 is 2.56 bits per heavy atom. The lowest BCUT2D eigenvalue weighted by Crippen LogP contribution is -2.60. The Hall–Kier alpha value is -0.660. The number of hydrogen-bond acceptors (Lipinski definition) is 5. The summed E-state index contributed by atoms with van der Waals surface area (Å²) in [5, 5.41) is 11.6. The molecule has 2 atom stereocenters. The molecule has 18 heavy (non-hydrogen) atoms. The molecule has 0 saturated heterocycles. The minimum Gasteiger partial charge on any atom is -0.480 e. The first kappa shape index (κ1) is 15.4. The summed E-state index contributed by atoms with van der Waals surface area (Å²) < 4.78 is 23.5. The van der Waals surface area contributed by atoms with Crippen LogP contribution in [0, 0.1) is 0 Å². The first-order valence-corrected chi connectivity index (χ1v) is 7.97. The van der Waals surface area contributed by atoms with E-state index in [2.05, 4.69) is 5.32 Å². The maximum atomic E-state index is 11.7. The van der Waals surface area contributed by atoms with Gasteiger partial charge in [-0.3, -0.25) is 10.1 Å². The molecule has 1 aliphatic carbocycles. The lowest BCUT2D eigenvalue weighted by molar-refractivity contribution is -0.144. The molecule has 0 radical (unpaired) electrons. The Morgan fingerprint density at radius 2 is 2.11 bits per heavy atom. The van der Waals surface area contributed by atoms with E-state index in [1.807, 2.05) is 19.0 Å². The zero-order valence-corrected chi connectivity index (χ0v) is 12.0. The number of sulfone groups is 1. The molecule has 0 aromatic heterocycles. The van der Waals surface area contributed by atoms with Gasteiger partial charge in [-0.15, -0.1) is 0 Å². The maximum Gasteiger partial charge on any atom is 0.325 e. The third-order valence-corrected chi connectivity index (χ3v) is 5.16. The van der Waals surface area contributed by atoms with Crippen LogP contribution in [-0.2, 0) is 14.6 Å². The van der Waals surface area contributed by atoms with Crippen molar-refractivity contribution in [2.24, 2.45) is 0 Å². The molecule has 0 bridgehead atoms. The molecule has 0 spiro atoms. The predicted molar refractivity (Wildman–Crippen MR) is 69.4 cm³/mol. The highest BCUT2D eigenvalue weighted by molar-refractivity contribution is 7.91. The highest BCUT2D eigenvalue weighted by Gasteiger charge is 2.53. The van der Waals surface area contributed by atoms with E-state index in [4.69, 9.17) is 0 Å². The topological polar surface area (TPSA) is 86.7 Å². The molecule has 6 nitrogen and oxygen atoms in total. The van der Waals surface area contributed by atoms with Crippen molar-refractivity contribution in [3.05, 3.63) is 0 Å². The largest absolute Gasteiger partial charge is 0.480 e. The van der Waals surface area contributed by atoms with Crippen LogP contribution in [0.2, 0.25) is 0 Å². The number of rotatable bonds is 6. The van der Waals surface area contributed by atoms with E-state index in [0.717, 1.165) is 6.26 Å². The van der Waals surface area contributed by atoms with E-state index in [1.165, 1.54) is 0 Å². The number of aliphatic carboxylic acids is 1. The molecular formula is C11H22N2O4S. The Balaban J connectivity index is 2.89. The van der Waals surface area contributed by atoms with E-state index in [-0.39, 0.29) is 0 Å². The molecule has 1 fully saturated rings. The SMILES string of the molecule is CN(C)CCNC1(C(=O)O)CCCC1S(C)(=O)=O. The van der Waals surface area contributed by atoms with Gasteiger partial charge in [-0.25, -0.2) is 8.42 Å². The van der Waals surface area contributed by atoms with E-state index >= 15 is 0 Å². The summed E-state index contributed by atoms with van der Waals surface area (Å²) in [4.78, 5) is 13.4. The Bertz CT molecular complexity index is 407. The van der Waals surface area contributed by atoms with Gasteiger partial charge in [-0.05, 0) is 33.4 Å². The van der Waals surface area contributed by atoms with Gasteiger partial charge in [-0.2, -0.15) is 0 Å². The molecule has 2 unspecified atom stereocenters. The molecule has 1 saturated carbocycles. The molecule has 0 aliphatic heterocycles. The third-order valence-electron chi connectivity index (χ3n) is 3.49. The summed E-state index contributed by atoms with van der Waals surface area (Å²) in [5.41, 5.74) is -1.32. The zero-order chi connectivity index (χ0) is 14.0. The number of nitrogens with one attached hydrogen (secondary N) is 1. The summed E-state index contributed by atoms with van der Waals surface area (Å²) in [6.07, 6.45) is 2.53. The summed E-state index contributed by atoms with van der Waals surface area (Å²) in [5.74, 6) is -1.06. The number of likely N-dealkylation sites (N-methyl/N-ethyl adjacent to an activating group) is 1. The minimum atomic E-state index is -3.36. The monoisotopic (exact) mass is 278 g/mol. The van der Waals surface area contributed by atoms with Crippen LogP contribution >= 0.6 is 0 Å². The molecule has 7 heteroatoms. The number of carboxylic acids is 1. The highest BCUT2D eigenvalue weighted by Crippen LogP contribution is 2.35. The van der Waals surface area contributed by atoms with Gasteiger partial charge >= 0.3 is 5.97 Å². The van der Waals surface area contributed by atoms with Crippen LogP contribution in [0.3, 0.4) is 0 Å².